The van der Waals surface area contributed by atoms with E-state index in [4.69, 9.17) is 31.9 Å². The number of fused-ring (bicyclic) bond motifs is 4. The maximum atomic E-state index is 12.3. The van der Waals surface area contributed by atoms with Crippen molar-refractivity contribution in [2.45, 2.75) is 155 Å². The predicted molar refractivity (Wildman–Crippen MR) is 454 cm³/mol. The Morgan fingerprint density at radius 3 is 1.17 bits per heavy atom. The third-order valence-corrected chi connectivity index (χ3v) is 20.8. The molecule has 0 bridgehead atoms. The molecule has 0 saturated carbocycles. The SMILES string of the molecule is CC(C)(C)OC(=O)NCC1CCN(c2ccnc3ccccc23)CC1.CC(C)(C)OC(=O)NCC1CCNCC1.Cl.Cl.Cl.Clc1ccnc2ccccc12.NCC1CCN(c2ccnc3ccccc23)CC1.O=C(CCC1CCN(c2ccnc3ccccc23)CC1)CN1CCCCC1.O=C(O)CN1CCCCC1. The number of carboxylic acid groups (broad SMARTS) is 1. The number of hydrogen-bond acceptors (Lipinski definition) is 17. The van der Waals surface area contributed by atoms with E-state index in [9.17, 15) is 19.2 Å². The minimum absolute atomic E-state index is 0. The highest BCUT2D eigenvalue weighted by molar-refractivity contribution is 6.35. The van der Waals surface area contributed by atoms with E-state index in [-0.39, 0.29) is 56.0 Å². The zero-order valence-electron chi connectivity index (χ0n) is 65.1. The standard InChI is InChI=1S/C23H31N3O.C20H27N3O2.C15H19N3.C11H22N2O2.C9H6ClN.C7H13NO2.3ClH/c27-20(18-25-14-4-1-5-15-25)9-8-19-11-16-26(17-12-19)23-10-13-24-22-7-3-2-6-21(22)23;1-20(2,3)25-19(24)22-14-15-9-12-23(13-10-15)18-8-11-21-17-7-5-4-6-16(17)18;16-11-12-6-9-18(10-7-12)15-5-8-17-14-4-2-1-3-13(14)15;1-11(2,3)15-10(14)13-8-9-4-6-12-7-5-9;10-8-5-6-11-9-4-2-1-3-7(8)9;9-7(10)6-8-4-2-1-3-5-8;;;/h2-3,6-7,10,13,19H,1,4-5,8-9,11-12,14-18H2;4-8,11,15H,9-10,12-14H2,1-3H3,(H,22,24);1-5,8,12H,6-7,9-11,16H2;9,12H,4-8H2,1-3H3,(H,13,14);1-6H;1-6H2,(H,9,10);3*1H. The summed E-state index contributed by atoms with van der Waals surface area (Å²) >= 11 is 5.92. The smallest absolute Gasteiger partial charge is 0.407 e. The molecule has 4 aromatic heterocycles. The summed E-state index contributed by atoms with van der Waals surface area (Å²) in [6.07, 6.45) is 25.2. The van der Waals surface area contributed by atoms with Gasteiger partial charge in [-0.2, -0.15) is 0 Å². The van der Waals surface area contributed by atoms with Crippen LogP contribution in [-0.4, -0.2) is 181 Å². The first-order chi connectivity index (χ1) is 51.2. The first-order valence-corrected chi connectivity index (χ1v) is 39.4. The van der Waals surface area contributed by atoms with Crippen LogP contribution in [0.4, 0.5) is 26.7 Å². The average molecular weight is 1580 g/mol. The molecule has 10 heterocycles. The van der Waals surface area contributed by atoms with Crippen LogP contribution in [-0.2, 0) is 19.1 Å². The van der Waals surface area contributed by atoms with Gasteiger partial charge in [-0.15, -0.1) is 37.2 Å². The highest BCUT2D eigenvalue weighted by atomic mass is 35.5. The molecule has 2 amide bonds. The molecule has 4 aromatic carbocycles. The normalized spacial score (nSPS) is 16.9. The van der Waals surface area contributed by atoms with Crippen LogP contribution < -0.4 is 36.4 Å². The summed E-state index contributed by atoms with van der Waals surface area (Å²) in [4.78, 5) is 74.9. The topological polar surface area (TPSA) is 237 Å². The number of piperidine rings is 6. The van der Waals surface area contributed by atoms with E-state index < -0.39 is 17.2 Å². The second kappa shape index (κ2) is 47.1. The molecule has 596 valence electrons. The number of aromatic nitrogens is 4. The van der Waals surface area contributed by atoms with Crippen LogP contribution in [0.2, 0.25) is 5.02 Å². The minimum Gasteiger partial charge on any atom is -0.480 e. The van der Waals surface area contributed by atoms with Crippen molar-refractivity contribution in [1.82, 2.24) is 45.7 Å². The summed E-state index contributed by atoms with van der Waals surface area (Å²) in [5.74, 6) is 2.23. The van der Waals surface area contributed by atoms with E-state index in [0.29, 0.717) is 42.5 Å². The van der Waals surface area contributed by atoms with Gasteiger partial charge in [0.25, 0.3) is 0 Å². The van der Waals surface area contributed by atoms with E-state index in [1.807, 2.05) is 107 Å². The number of nitrogens with zero attached hydrogens (tertiary/aromatic N) is 9. The second-order valence-corrected chi connectivity index (χ2v) is 31.4. The lowest BCUT2D eigenvalue weighted by atomic mass is 9.91. The molecule has 6 aliphatic heterocycles. The van der Waals surface area contributed by atoms with Crippen LogP contribution in [0.25, 0.3) is 43.6 Å². The summed E-state index contributed by atoms with van der Waals surface area (Å²) in [5, 5.41) is 22.9. The molecule has 6 fully saturated rings. The number of ether oxygens (including phenoxy) is 2. The van der Waals surface area contributed by atoms with Gasteiger partial charge in [0.15, 0.2) is 0 Å². The number of carbonyl (C=O) groups excluding carboxylic acids is 3. The predicted octanol–water partition coefficient (Wildman–Crippen LogP) is 16.9. The number of para-hydroxylation sites is 4. The molecule has 0 unspecified atom stereocenters. The fourth-order valence-corrected chi connectivity index (χ4v) is 14.9. The van der Waals surface area contributed by atoms with Gasteiger partial charge in [-0.3, -0.25) is 39.3 Å². The van der Waals surface area contributed by atoms with E-state index in [1.165, 1.54) is 84.6 Å². The van der Waals surface area contributed by atoms with Gasteiger partial charge >= 0.3 is 18.2 Å². The molecule has 0 spiro atoms. The van der Waals surface area contributed by atoms with Gasteiger partial charge in [-0.25, -0.2) is 9.59 Å². The molecule has 109 heavy (non-hydrogen) atoms. The number of aliphatic carboxylic acids is 1. The number of pyridine rings is 4. The summed E-state index contributed by atoms with van der Waals surface area (Å²) < 4.78 is 10.5. The number of carboxylic acids is 1. The molecular formula is C85H121Cl4N13O7. The van der Waals surface area contributed by atoms with E-state index in [1.54, 1.807) is 12.3 Å². The van der Waals surface area contributed by atoms with Crippen molar-refractivity contribution in [3.8, 4) is 0 Å². The summed E-state index contributed by atoms with van der Waals surface area (Å²) in [5.41, 5.74) is 12.9. The highest BCUT2D eigenvalue weighted by Gasteiger charge is 2.26. The Hall–Kier alpha value is -7.40. The fraction of sp³-hybridized carbons (Fsp3) is 0.529. The van der Waals surface area contributed by atoms with Crippen LogP contribution in [0.5, 0.6) is 0 Å². The quantitative estimate of drug-likeness (QED) is 0.0641. The lowest BCUT2D eigenvalue weighted by Gasteiger charge is -2.34. The molecule has 6 aliphatic rings. The Bertz CT molecular complexity index is 3970. The van der Waals surface area contributed by atoms with Crippen LogP contribution in [0, 0.1) is 23.7 Å². The number of benzene rings is 4. The first-order valence-electron chi connectivity index (χ1n) is 39.0. The number of ketones is 1. The molecule has 0 radical (unpaired) electrons. The van der Waals surface area contributed by atoms with Crippen molar-refractivity contribution in [2.75, 3.05) is 126 Å². The number of likely N-dealkylation sites (tertiary alicyclic amines) is 2. The molecule has 14 rings (SSSR count). The molecule has 0 atom stereocenters. The monoisotopic (exact) mass is 1580 g/mol. The van der Waals surface area contributed by atoms with Crippen molar-refractivity contribution < 1.29 is 33.8 Å². The number of halogens is 4. The first kappa shape index (κ1) is 90.5. The lowest BCUT2D eigenvalue weighted by molar-refractivity contribution is -0.138. The number of amides is 2. The number of nitrogens with two attached hydrogens (primary N) is 1. The molecule has 6 saturated heterocycles. The lowest BCUT2D eigenvalue weighted by Crippen LogP contribution is -2.40. The van der Waals surface area contributed by atoms with Crippen molar-refractivity contribution in [2.24, 2.45) is 29.4 Å². The van der Waals surface area contributed by atoms with Crippen molar-refractivity contribution in [1.29, 1.82) is 0 Å². The minimum atomic E-state index is -0.707. The molecule has 6 N–H and O–H groups in total. The van der Waals surface area contributed by atoms with Crippen LogP contribution in [0.3, 0.4) is 0 Å². The Morgan fingerprint density at radius 2 is 0.798 bits per heavy atom. The number of anilines is 3. The number of carbonyl (C=O) groups is 4. The van der Waals surface area contributed by atoms with E-state index in [0.717, 1.165) is 175 Å². The summed E-state index contributed by atoms with van der Waals surface area (Å²) in [7, 11) is 0. The number of nitrogens with one attached hydrogen (secondary N) is 3. The Kier molecular flexibility index (Phi) is 39.1. The van der Waals surface area contributed by atoms with Crippen LogP contribution >= 0.6 is 48.8 Å². The summed E-state index contributed by atoms with van der Waals surface area (Å²) in [6.45, 7) is 27.0. The van der Waals surface area contributed by atoms with Crippen LogP contribution in [0.1, 0.15) is 144 Å². The van der Waals surface area contributed by atoms with Crippen molar-refractivity contribution in [3.63, 3.8) is 0 Å². The second-order valence-electron chi connectivity index (χ2n) is 31.0. The van der Waals surface area contributed by atoms with Gasteiger partial charge in [-0.1, -0.05) is 97.2 Å². The van der Waals surface area contributed by atoms with Crippen molar-refractivity contribution in [3.05, 3.63) is 151 Å². The van der Waals surface area contributed by atoms with Crippen molar-refractivity contribution >= 4 is 133 Å². The summed E-state index contributed by atoms with van der Waals surface area (Å²) in [6, 6.07) is 41.0. The number of alkyl carbamates (subject to hydrolysis) is 2. The maximum absolute atomic E-state index is 12.3. The Labute approximate surface area is 670 Å². The largest absolute Gasteiger partial charge is 0.480 e. The molecule has 8 aromatic rings. The Morgan fingerprint density at radius 1 is 0.459 bits per heavy atom. The zero-order chi connectivity index (χ0) is 75.1. The average Bonchev–Trinajstić information content (AvgIpc) is 0.827. The van der Waals surface area contributed by atoms with Gasteiger partial charge in [0, 0.05) is 122 Å². The van der Waals surface area contributed by atoms with Gasteiger partial charge in [0.1, 0.15) is 17.0 Å². The van der Waals surface area contributed by atoms with Gasteiger partial charge < -0.3 is 51.0 Å². The number of rotatable bonds is 15. The zero-order valence-corrected chi connectivity index (χ0v) is 68.3. The molecule has 20 nitrogen and oxygen atoms in total. The van der Waals surface area contributed by atoms with E-state index in [2.05, 4.69) is 128 Å². The third kappa shape index (κ3) is 31.0. The molecular weight excluding hydrogens is 1460 g/mol. The van der Waals surface area contributed by atoms with E-state index >= 15 is 0 Å². The number of Topliss-reactive ketones (excluding diaryl/α,β-unsaturated/α-hetero) is 1. The maximum Gasteiger partial charge on any atom is 0.407 e. The molecule has 0 aliphatic carbocycles. The van der Waals surface area contributed by atoms with Gasteiger partial charge in [0.2, 0.25) is 0 Å². The van der Waals surface area contributed by atoms with Gasteiger partial charge in [0.05, 0.1) is 40.2 Å². The third-order valence-electron chi connectivity index (χ3n) is 20.5. The number of hydrogen-bond donors (Lipinski definition) is 5. The van der Waals surface area contributed by atoms with Crippen LogP contribution in [0.15, 0.2) is 146 Å². The molecule has 24 heteroatoms. The fourth-order valence-electron chi connectivity index (χ4n) is 14.7. The Balaban J connectivity index is 0.000000210. The van der Waals surface area contributed by atoms with Gasteiger partial charge in [-0.05, 0) is 243 Å². The highest BCUT2D eigenvalue weighted by Crippen LogP contribution is 2.33.